The average Bonchev–Trinajstić information content (AvgIpc) is 2.50. The summed E-state index contributed by atoms with van der Waals surface area (Å²) in [6.07, 6.45) is 4.05. The van der Waals surface area contributed by atoms with Crippen LogP contribution in [0.2, 0.25) is 0 Å². The SMILES string of the molecule is COc1cccc2c(NCCCC(C)CN)nccc12. The van der Waals surface area contributed by atoms with Gasteiger partial charge in [-0.05, 0) is 37.4 Å². The van der Waals surface area contributed by atoms with E-state index in [1.54, 1.807) is 7.11 Å². The van der Waals surface area contributed by atoms with Crippen molar-refractivity contribution in [3.8, 4) is 5.75 Å². The van der Waals surface area contributed by atoms with Crippen molar-refractivity contribution in [3.05, 3.63) is 30.5 Å². The molecule has 1 atom stereocenters. The van der Waals surface area contributed by atoms with Crippen molar-refractivity contribution in [2.24, 2.45) is 11.7 Å². The van der Waals surface area contributed by atoms with Crippen LogP contribution >= 0.6 is 0 Å². The van der Waals surface area contributed by atoms with E-state index in [4.69, 9.17) is 10.5 Å². The predicted octanol–water partition coefficient (Wildman–Crippen LogP) is 3.03. The first-order valence-electron chi connectivity index (χ1n) is 7.12. The molecule has 2 aromatic rings. The molecule has 0 spiro atoms. The second-order valence-corrected chi connectivity index (χ2v) is 5.12. The summed E-state index contributed by atoms with van der Waals surface area (Å²) in [6.45, 7) is 3.85. The first-order valence-corrected chi connectivity index (χ1v) is 7.12. The number of nitrogens with one attached hydrogen (secondary N) is 1. The minimum absolute atomic E-state index is 0.581. The average molecular weight is 273 g/mol. The highest BCUT2D eigenvalue weighted by molar-refractivity contribution is 5.95. The number of pyridine rings is 1. The minimum atomic E-state index is 0.581. The van der Waals surface area contributed by atoms with Gasteiger partial charge >= 0.3 is 0 Å². The smallest absolute Gasteiger partial charge is 0.133 e. The largest absolute Gasteiger partial charge is 0.496 e. The van der Waals surface area contributed by atoms with Crippen LogP contribution in [0.3, 0.4) is 0 Å². The highest BCUT2D eigenvalue weighted by Gasteiger charge is 2.06. The number of benzene rings is 1. The first kappa shape index (κ1) is 14.6. The molecule has 108 valence electrons. The quantitative estimate of drug-likeness (QED) is 0.761. The van der Waals surface area contributed by atoms with Gasteiger partial charge in [-0.1, -0.05) is 19.1 Å². The molecule has 0 saturated heterocycles. The Morgan fingerprint density at radius 3 is 2.90 bits per heavy atom. The molecule has 0 amide bonds. The third kappa shape index (κ3) is 3.39. The van der Waals surface area contributed by atoms with E-state index in [1.807, 2.05) is 24.4 Å². The molecule has 0 radical (unpaired) electrons. The van der Waals surface area contributed by atoms with Crippen molar-refractivity contribution in [2.45, 2.75) is 19.8 Å². The van der Waals surface area contributed by atoms with E-state index in [0.717, 1.165) is 48.3 Å². The lowest BCUT2D eigenvalue weighted by atomic mass is 10.1. The van der Waals surface area contributed by atoms with E-state index in [9.17, 15) is 0 Å². The number of nitrogens with zero attached hydrogens (tertiary/aromatic N) is 1. The van der Waals surface area contributed by atoms with E-state index in [-0.39, 0.29) is 0 Å². The Morgan fingerprint density at radius 2 is 2.15 bits per heavy atom. The van der Waals surface area contributed by atoms with Gasteiger partial charge in [0.1, 0.15) is 11.6 Å². The van der Waals surface area contributed by atoms with Gasteiger partial charge in [0.15, 0.2) is 0 Å². The van der Waals surface area contributed by atoms with Gasteiger partial charge in [0.05, 0.1) is 7.11 Å². The lowest BCUT2D eigenvalue weighted by Gasteiger charge is -2.12. The molecule has 20 heavy (non-hydrogen) atoms. The van der Waals surface area contributed by atoms with Crippen molar-refractivity contribution in [3.63, 3.8) is 0 Å². The van der Waals surface area contributed by atoms with Crippen LogP contribution in [0.1, 0.15) is 19.8 Å². The molecule has 0 bridgehead atoms. The molecule has 0 aliphatic carbocycles. The van der Waals surface area contributed by atoms with E-state index in [2.05, 4.69) is 23.3 Å². The van der Waals surface area contributed by atoms with Crippen LogP contribution in [0.15, 0.2) is 30.5 Å². The van der Waals surface area contributed by atoms with Crippen LogP contribution in [0.25, 0.3) is 10.8 Å². The van der Waals surface area contributed by atoms with E-state index in [1.165, 1.54) is 0 Å². The molecule has 0 saturated carbocycles. The van der Waals surface area contributed by atoms with Crippen LogP contribution in [0.4, 0.5) is 5.82 Å². The Morgan fingerprint density at radius 1 is 1.30 bits per heavy atom. The molecule has 0 aliphatic heterocycles. The summed E-state index contributed by atoms with van der Waals surface area (Å²) in [6, 6.07) is 8.01. The summed E-state index contributed by atoms with van der Waals surface area (Å²) in [5.74, 6) is 2.38. The van der Waals surface area contributed by atoms with Crippen molar-refractivity contribution < 1.29 is 4.74 Å². The third-order valence-corrected chi connectivity index (χ3v) is 3.55. The Hall–Kier alpha value is -1.81. The fourth-order valence-corrected chi connectivity index (χ4v) is 2.27. The van der Waals surface area contributed by atoms with Crippen molar-refractivity contribution in [1.82, 2.24) is 4.98 Å². The Bertz CT molecular complexity index is 556. The van der Waals surface area contributed by atoms with Crippen LogP contribution in [-0.4, -0.2) is 25.2 Å². The number of anilines is 1. The number of ether oxygens (including phenoxy) is 1. The number of methoxy groups -OCH3 is 1. The van der Waals surface area contributed by atoms with Crippen molar-refractivity contribution >= 4 is 16.6 Å². The van der Waals surface area contributed by atoms with Gasteiger partial charge in [-0.3, -0.25) is 0 Å². The van der Waals surface area contributed by atoms with E-state index >= 15 is 0 Å². The standard InChI is InChI=1S/C16H23N3O/c1-12(11-17)5-4-9-18-16-14-6-3-7-15(20-2)13(14)8-10-19-16/h3,6-8,10,12H,4-5,9,11,17H2,1-2H3,(H,18,19). The molecule has 4 nitrogen and oxygen atoms in total. The molecule has 2 rings (SSSR count). The summed E-state index contributed by atoms with van der Waals surface area (Å²) in [5.41, 5.74) is 5.63. The second kappa shape index (κ2) is 7.10. The molecule has 4 heteroatoms. The zero-order chi connectivity index (χ0) is 14.4. The number of hydrogen-bond donors (Lipinski definition) is 2. The van der Waals surface area contributed by atoms with Crippen LogP contribution in [0.5, 0.6) is 5.75 Å². The molecule has 1 heterocycles. The Kier molecular flexibility index (Phi) is 5.18. The zero-order valence-corrected chi connectivity index (χ0v) is 12.2. The third-order valence-electron chi connectivity index (χ3n) is 3.55. The number of rotatable bonds is 7. The highest BCUT2D eigenvalue weighted by Crippen LogP contribution is 2.28. The van der Waals surface area contributed by atoms with Gasteiger partial charge in [-0.2, -0.15) is 0 Å². The first-order chi connectivity index (χ1) is 9.76. The van der Waals surface area contributed by atoms with Gasteiger partial charge in [-0.25, -0.2) is 4.98 Å². The maximum absolute atomic E-state index is 5.63. The highest BCUT2D eigenvalue weighted by atomic mass is 16.5. The topological polar surface area (TPSA) is 60.2 Å². The number of fused-ring (bicyclic) bond motifs is 1. The lowest BCUT2D eigenvalue weighted by molar-refractivity contribution is 0.420. The second-order valence-electron chi connectivity index (χ2n) is 5.12. The Labute approximate surface area is 120 Å². The van der Waals surface area contributed by atoms with Crippen LogP contribution in [-0.2, 0) is 0 Å². The lowest BCUT2D eigenvalue weighted by Crippen LogP contribution is -2.12. The summed E-state index contributed by atoms with van der Waals surface area (Å²) in [7, 11) is 1.69. The maximum atomic E-state index is 5.63. The number of hydrogen-bond acceptors (Lipinski definition) is 4. The molecular weight excluding hydrogens is 250 g/mol. The molecule has 1 aromatic heterocycles. The van der Waals surface area contributed by atoms with Gasteiger partial charge in [0.25, 0.3) is 0 Å². The molecule has 1 aromatic carbocycles. The predicted molar refractivity (Wildman–Crippen MR) is 84.2 cm³/mol. The van der Waals surface area contributed by atoms with Gasteiger partial charge < -0.3 is 15.8 Å². The molecule has 1 unspecified atom stereocenters. The fourth-order valence-electron chi connectivity index (χ4n) is 2.27. The molecule has 3 N–H and O–H groups in total. The maximum Gasteiger partial charge on any atom is 0.133 e. The monoisotopic (exact) mass is 273 g/mol. The zero-order valence-electron chi connectivity index (χ0n) is 12.2. The summed E-state index contributed by atoms with van der Waals surface area (Å²) < 4.78 is 5.38. The molecule has 0 fully saturated rings. The normalized spacial score (nSPS) is 12.3. The Balaban J connectivity index is 2.07. The van der Waals surface area contributed by atoms with E-state index in [0.29, 0.717) is 5.92 Å². The van der Waals surface area contributed by atoms with Crippen molar-refractivity contribution in [2.75, 3.05) is 25.5 Å². The van der Waals surface area contributed by atoms with Gasteiger partial charge in [0.2, 0.25) is 0 Å². The van der Waals surface area contributed by atoms with Gasteiger partial charge in [-0.15, -0.1) is 0 Å². The molecular formula is C16H23N3O. The molecule has 0 aliphatic rings. The number of aromatic nitrogens is 1. The summed E-state index contributed by atoms with van der Waals surface area (Å²) >= 11 is 0. The van der Waals surface area contributed by atoms with Crippen LogP contribution < -0.4 is 15.8 Å². The van der Waals surface area contributed by atoms with E-state index < -0.39 is 0 Å². The number of nitrogens with two attached hydrogens (primary N) is 1. The van der Waals surface area contributed by atoms with Crippen molar-refractivity contribution in [1.29, 1.82) is 0 Å². The fraction of sp³-hybridized carbons (Fsp3) is 0.438. The minimum Gasteiger partial charge on any atom is -0.496 e. The summed E-state index contributed by atoms with van der Waals surface area (Å²) in [4.78, 5) is 4.43. The van der Waals surface area contributed by atoms with Crippen LogP contribution in [0, 0.1) is 5.92 Å². The summed E-state index contributed by atoms with van der Waals surface area (Å²) in [5, 5.41) is 5.59. The van der Waals surface area contributed by atoms with Gasteiger partial charge in [0, 0.05) is 23.5 Å².